The van der Waals surface area contributed by atoms with E-state index < -0.39 is 0 Å². The minimum absolute atomic E-state index is 0.0909. The molecule has 22 heavy (non-hydrogen) atoms. The zero-order valence-corrected chi connectivity index (χ0v) is 14.6. The van der Waals surface area contributed by atoms with Crippen LogP contribution in [0.3, 0.4) is 0 Å². The van der Waals surface area contributed by atoms with Gasteiger partial charge in [-0.2, -0.15) is 0 Å². The second-order valence-electron chi connectivity index (χ2n) is 5.42. The van der Waals surface area contributed by atoms with Crippen molar-refractivity contribution < 1.29 is 9.21 Å². The van der Waals surface area contributed by atoms with E-state index in [0.717, 1.165) is 16.0 Å². The van der Waals surface area contributed by atoms with Gasteiger partial charge in [0.2, 0.25) is 5.91 Å². The first-order chi connectivity index (χ1) is 10.4. The van der Waals surface area contributed by atoms with Crippen LogP contribution in [-0.4, -0.2) is 28.4 Å². The lowest BCUT2D eigenvalue weighted by atomic mass is 10.3. The van der Waals surface area contributed by atoms with Crippen molar-refractivity contribution in [2.24, 2.45) is 0 Å². The van der Waals surface area contributed by atoms with Crippen LogP contribution in [0.2, 0.25) is 0 Å². The van der Waals surface area contributed by atoms with Gasteiger partial charge in [0.1, 0.15) is 17.3 Å². The smallest absolute Gasteiger partial charge is 0.239 e. The van der Waals surface area contributed by atoms with Crippen molar-refractivity contribution in [2.75, 3.05) is 11.9 Å². The van der Waals surface area contributed by atoms with Gasteiger partial charge in [0.25, 0.3) is 0 Å². The van der Waals surface area contributed by atoms with Crippen molar-refractivity contribution in [3.05, 3.63) is 46.5 Å². The lowest BCUT2D eigenvalue weighted by molar-refractivity contribution is -0.118. The van der Waals surface area contributed by atoms with Crippen LogP contribution in [0.15, 0.2) is 39.4 Å². The molecule has 0 unspecified atom stereocenters. The Kier molecular flexibility index (Phi) is 5.74. The fourth-order valence-electron chi connectivity index (χ4n) is 2.01. The highest BCUT2D eigenvalue weighted by atomic mass is 79.9. The molecule has 6 heteroatoms. The number of amides is 1. The van der Waals surface area contributed by atoms with Gasteiger partial charge in [0.05, 0.1) is 13.1 Å². The number of pyridine rings is 1. The maximum Gasteiger partial charge on any atom is 0.239 e. The van der Waals surface area contributed by atoms with E-state index in [-0.39, 0.29) is 18.5 Å². The highest BCUT2D eigenvalue weighted by Gasteiger charge is 2.16. The van der Waals surface area contributed by atoms with Gasteiger partial charge >= 0.3 is 0 Å². The number of carbonyl (C=O) groups excluding carboxylic acids is 1. The van der Waals surface area contributed by atoms with Crippen LogP contribution in [0.4, 0.5) is 5.82 Å². The number of hydrogen-bond acceptors (Lipinski definition) is 4. The Morgan fingerprint density at radius 3 is 2.68 bits per heavy atom. The molecule has 0 radical (unpaired) electrons. The molecule has 0 aliphatic carbocycles. The van der Waals surface area contributed by atoms with Crippen molar-refractivity contribution in [1.29, 1.82) is 0 Å². The minimum atomic E-state index is -0.0909. The van der Waals surface area contributed by atoms with Crippen molar-refractivity contribution in [3.63, 3.8) is 0 Å². The standard InChI is InChI=1S/C16H20BrN3O2/c1-11(2)20(9-14-6-4-12(3)22-14)10-16(21)19-15-7-5-13(17)8-18-15/h4-8,11H,9-10H2,1-3H3,(H,18,19,21). The number of nitrogens with zero attached hydrogens (tertiary/aromatic N) is 2. The number of hydrogen-bond donors (Lipinski definition) is 1. The highest BCUT2D eigenvalue weighted by Crippen LogP contribution is 2.13. The van der Waals surface area contributed by atoms with Crippen molar-refractivity contribution in [1.82, 2.24) is 9.88 Å². The first-order valence-electron chi connectivity index (χ1n) is 7.15. The van der Waals surface area contributed by atoms with Crippen LogP contribution in [0.1, 0.15) is 25.4 Å². The summed E-state index contributed by atoms with van der Waals surface area (Å²) in [6.45, 7) is 6.92. The molecule has 0 atom stereocenters. The van der Waals surface area contributed by atoms with E-state index in [1.807, 2.05) is 30.0 Å². The average Bonchev–Trinajstić information content (AvgIpc) is 2.86. The molecule has 2 aromatic rings. The Balaban J connectivity index is 1.95. The van der Waals surface area contributed by atoms with Gasteiger partial charge in [-0.1, -0.05) is 0 Å². The zero-order valence-electron chi connectivity index (χ0n) is 13.0. The van der Waals surface area contributed by atoms with Gasteiger partial charge in [-0.15, -0.1) is 0 Å². The van der Waals surface area contributed by atoms with E-state index in [4.69, 9.17) is 4.42 Å². The van der Waals surface area contributed by atoms with Gasteiger partial charge in [-0.25, -0.2) is 4.98 Å². The Morgan fingerprint density at radius 1 is 1.36 bits per heavy atom. The highest BCUT2D eigenvalue weighted by molar-refractivity contribution is 9.10. The van der Waals surface area contributed by atoms with Gasteiger partial charge in [-0.3, -0.25) is 9.69 Å². The zero-order chi connectivity index (χ0) is 16.1. The van der Waals surface area contributed by atoms with Crippen LogP contribution in [0, 0.1) is 6.92 Å². The van der Waals surface area contributed by atoms with Gasteiger partial charge < -0.3 is 9.73 Å². The number of nitrogens with one attached hydrogen (secondary N) is 1. The number of furan rings is 1. The fraction of sp³-hybridized carbons (Fsp3) is 0.375. The molecule has 0 aliphatic heterocycles. The summed E-state index contributed by atoms with van der Waals surface area (Å²) in [5.41, 5.74) is 0. The third kappa shape index (κ3) is 4.96. The molecular formula is C16H20BrN3O2. The second kappa shape index (κ2) is 7.56. The van der Waals surface area contributed by atoms with E-state index in [1.165, 1.54) is 0 Å². The number of carbonyl (C=O) groups is 1. The quantitative estimate of drug-likeness (QED) is 0.849. The summed E-state index contributed by atoms with van der Waals surface area (Å²) in [5, 5.41) is 2.80. The Bertz CT molecular complexity index is 623. The summed E-state index contributed by atoms with van der Waals surface area (Å²) in [7, 11) is 0. The molecule has 0 saturated heterocycles. The first kappa shape index (κ1) is 16.7. The van der Waals surface area contributed by atoms with Gasteiger partial charge in [0, 0.05) is 16.7 Å². The normalized spacial score (nSPS) is 11.2. The van der Waals surface area contributed by atoms with Gasteiger partial charge in [0.15, 0.2) is 0 Å². The predicted molar refractivity (Wildman–Crippen MR) is 89.6 cm³/mol. The van der Waals surface area contributed by atoms with E-state index in [2.05, 4.69) is 40.1 Å². The summed E-state index contributed by atoms with van der Waals surface area (Å²) < 4.78 is 6.46. The van der Waals surface area contributed by atoms with Crippen LogP contribution in [0.5, 0.6) is 0 Å². The molecule has 2 rings (SSSR count). The Hall–Kier alpha value is -1.66. The first-order valence-corrected chi connectivity index (χ1v) is 7.94. The third-order valence-electron chi connectivity index (χ3n) is 3.23. The van der Waals surface area contributed by atoms with E-state index >= 15 is 0 Å². The molecule has 0 aliphatic rings. The van der Waals surface area contributed by atoms with Crippen LogP contribution in [-0.2, 0) is 11.3 Å². The Labute approximate surface area is 138 Å². The number of anilines is 1. The van der Waals surface area contributed by atoms with E-state index in [1.54, 1.807) is 12.3 Å². The molecule has 2 aromatic heterocycles. The summed E-state index contributed by atoms with van der Waals surface area (Å²) in [5.74, 6) is 2.19. The minimum Gasteiger partial charge on any atom is -0.465 e. The summed E-state index contributed by atoms with van der Waals surface area (Å²) >= 11 is 3.32. The summed E-state index contributed by atoms with van der Waals surface area (Å²) in [6.07, 6.45) is 1.65. The number of rotatable bonds is 6. The largest absolute Gasteiger partial charge is 0.465 e. The second-order valence-corrected chi connectivity index (χ2v) is 6.34. The van der Waals surface area contributed by atoms with Crippen molar-refractivity contribution in [2.45, 2.75) is 33.4 Å². The number of aryl methyl sites for hydroxylation is 1. The van der Waals surface area contributed by atoms with Crippen LogP contribution < -0.4 is 5.32 Å². The van der Waals surface area contributed by atoms with Gasteiger partial charge in [-0.05, 0) is 61.0 Å². The van der Waals surface area contributed by atoms with Crippen molar-refractivity contribution in [3.8, 4) is 0 Å². The summed E-state index contributed by atoms with van der Waals surface area (Å²) in [6, 6.07) is 7.71. The molecule has 0 saturated carbocycles. The monoisotopic (exact) mass is 365 g/mol. The molecule has 0 spiro atoms. The number of aromatic nitrogens is 1. The summed E-state index contributed by atoms with van der Waals surface area (Å²) in [4.78, 5) is 18.4. The number of halogens is 1. The van der Waals surface area contributed by atoms with E-state index in [0.29, 0.717) is 12.4 Å². The van der Waals surface area contributed by atoms with Crippen molar-refractivity contribution >= 4 is 27.7 Å². The maximum atomic E-state index is 12.2. The molecule has 1 N–H and O–H groups in total. The third-order valence-corrected chi connectivity index (χ3v) is 3.70. The fourth-order valence-corrected chi connectivity index (χ4v) is 2.24. The molecule has 118 valence electrons. The maximum absolute atomic E-state index is 12.2. The molecule has 0 aromatic carbocycles. The molecule has 0 fully saturated rings. The van der Waals surface area contributed by atoms with Crippen LogP contribution >= 0.6 is 15.9 Å². The molecule has 1 amide bonds. The molecule has 5 nitrogen and oxygen atoms in total. The molecular weight excluding hydrogens is 346 g/mol. The van der Waals surface area contributed by atoms with Crippen LogP contribution in [0.25, 0.3) is 0 Å². The molecule has 2 heterocycles. The van der Waals surface area contributed by atoms with E-state index in [9.17, 15) is 4.79 Å². The lowest BCUT2D eigenvalue weighted by Crippen LogP contribution is -2.37. The predicted octanol–water partition coefficient (Wildman–Crippen LogP) is 3.59. The SMILES string of the molecule is Cc1ccc(CN(CC(=O)Nc2ccc(Br)cn2)C(C)C)o1. The Morgan fingerprint density at radius 2 is 2.14 bits per heavy atom. The topological polar surface area (TPSA) is 58.4 Å². The molecule has 0 bridgehead atoms. The average molecular weight is 366 g/mol. The lowest BCUT2D eigenvalue weighted by Gasteiger charge is -2.24.